The molecule has 0 spiro atoms. The Morgan fingerprint density at radius 1 is 1.15 bits per heavy atom. The number of nitrogens with zero attached hydrogens (tertiary/aromatic N) is 3. The molecule has 33 heavy (non-hydrogen) atoms. The zero-order valence-electron chi connectivity index (χ0n) is 19.4. The highest BCUT2D eigenvalue weighted by Gasteiger charge is 2.41. The molecule has 0 amide bonds. The van der Waals surface area contributed by atoms with Gasteiger partial charge in [-0.15, -0.1) is 0 Å². The number of sulfonamides is 1. The van der Waals surface area contributed by atoms with Crippen molar-refractivity contribution in [3.05, 3.63) is 77.9 Å². The van der Waals surface area contributed by atoms with E-state index in [1.165, 1.54) is 0 Å². The first-order valence-corrected chi connectivity index (χ1v) is 13.0. The van der Waals surface area contributed by atoms with Gasteiger partial charge in [-0.05, 0) is 87.4 Å². The minimum absolute atomic E-state index is 0.0499. The SMILES string of the molecule is Cc1cc(N2C(=S)N[C@@H](c3ccccn3)[C@H]2c2ccn(C(C)(C)C)c2)ccc1NS(C)(=O)=O. The molecule has 2 atom stereocenters. The predicted molar refractivity (Wildman–Crippen MR) is 137 cm³/mol. The molecule has 9 heteroatoms. The molecule has 174 valence electrons. The summed E-state index contributed by atoms with van der Waals surface area (Å²) in [5.74, 6) is 0. The van der Waals surface area contributed by atoms with E-state index in [2.05, 4.69) is 63.7 Å². The smallest absolute Gasteiger partial charge is 0.229 e. The minimum atomic E-state index is -3.36. The summed E-state index contributed by atoms with van der Waals surface area (Å²) in [5, 5.41) is 4.06. The summed E-state index contributed by atoms with van der Waals surface area (Å²) in [4.78, 5) is 6.69. The quantitative estimate of drug-likeness (QED) is 0.521. The van der Waals surface area contributed by atoms with Crippen molar-refractivity contribution < 1.29 is 8.42 Å². The van der Waals surface area contributed by atoms with Crippen molar-refractivity contribution >= 4 is 38.7 Å². The molecule has 4 rings (SSSR count). The van der Waals surface area contributed by atoms with E-state index in [4.69, 9.17) is 12.2 Å². The number of thiocarbonyl (C=S) groups is 1. The van der Waals surface area contributed by atoms with Crippen molar-refractivity contribution in [1.29, 1.82) is 0 Å². The number of rotatable bonds is 5. The second-order valence-electron chi connectivity index (χ2n) is 9.39. The topological polar surface area (TPSA) is 79.3 Å². The number of anilines is 2. The van der Waals surface area contributed by atoms with Crippen molar-refractivity contribution in [1.82, 2.24) is 14.9 Å². The predicted octanol–water partition coefficient (Wildman–Crippen LogP) is 4.50. The van der Waals surface area contributed by atoms with Crippen LogP contribution in [0.15, 0.2) is 61.1 Å². The molecule has 1 saturated heterocycles. The second kappa shape index (κ2) is 8.46. The first-order valence-electron chi connectivity index (χ1n) is 10.7. The van der Waals surface area contributed by atoms with Gasteiger partial charge in [0.1, 0.15) is 0 Å². The fraction of sp³-hybridized carbons (Fsp3) is 0.333. The maximum Gasteiger partial charge on any atom is 0.229 e. The number of hydrogen-bond donors (Lipinski definition) is 2. The fourth-order valence-corrected chi connectivity index (χ4v) is 5.06. The number of aryl methyl sites for hydroxylation is 1. The lowest BCUT2D eigenvalue weighted by Crippen LogP contribution is -2.29. The molecule has 3 aromatic rings. The van der Waals surface area contributed by atoms with E-state index in [0.717, 1.165) is 28.8 Å². The molecular weight excluding hydrogens is 454 g/mol. The third kappa shape index (κ3) is 4.89. The lowest BCUT2D eigenvalue weighted by molar-refractivity contribution is 0.397. The van der Waals surface area contributed by atoms with E-state index in [1.54, 1.807) is 12.3 Å². The van der Waals surface area contributed by atoms with Gasteiger partial charge in [-0.3, -0.25) is 9.71 Å². The first-order chi connectivity index (χ1) is 15.4. The lowest BCUT2D eigenvalue weighted by Gasteiger charge is -2.28. The van der Waals surface area contributed by atoms with Crippen molar-refractivity contribution in [2.24, 2.45) is 0 Å². The van der Waals surface area contributed by atoms with Gasteiger partial charge in [0.2, 0.25) is 10.0 Å². The van der Waals surface area contributed by atoms with E-state index in [0.29, 0.717) is 10.8 Å². The van der Waals surface area contributed by atoms with Crippen LogP contribution >= 0.6 is 12.2 Å². The summed E-state index contributed by atoms with van der Waals surface area (Å²) in [6.07, 6.45) is 7.19. The van der Waals surface area contributed by atoms with Crippen LogP contribution in [0.3, 0.4) is 0 Å². The maximum absolute atomic E-state index is 11.7. The van der Waals surface area contributed by atoms with Crippen LogP contribution in [0, 0.1) is 6.92 Å². The Kier molecular flexibility index (Phi) is 5.96. The Hall–Kier alpha value is -2.91. The van der Waals surface area contributed by atoms with Gasteiger partial charge in [-0.1, -0.05) is 6.07 Å². The average molecular weight is 484 g/mol. The van der Waals surface area contributed by atoms with Crippen LogP contribution in [0.1, 0.15) is 49.7 Å². The summed E-state index contributed by atoms with van der Waals surface area (Å²) in [7, 11) is -3.36. The molecule has 0 aliphatic carbocycles. The number of aromatic nitrogens is 2. The van der Waals surface area contributed by atoms with E-state index in [-0.39, 0.29) is 17.6 Å². The van der Waals surface area contributed by atoms with Gasteiger partial charge >= 0.3 is 0 Å². The van der Waals surface area contributed by atoms with E-state index < -0.39 is 10.0 Å². The number of hydrogen-bond acceptors (Lipinski definition) is 4. The molecular formula is C24H29N5O2S2. The molecule has 1 aliphatic heterocycles. The molecule has 0 unspecified atom stereocenters. The summed E-state index contributed by atoms with van der Waals surface area (Å²) in [5.41, 5.74) is 4.22. The van der Waals surface area contributed by atoms with Gasteiger partial charge in [0.15, 0.2) is 5.11 Å². The molecule has 7 nitrogen and oxygen atoms in total. The van der Waals surface area contributed by atoms with Crippen molar-refractivity contribution in [3.8, 4) is 0 Å². The van der Waals surface area contributed by atoms with Crippen molar-refractivity contribution in [3.63, 3.8) is 0 Å². The second-order valence-corrected chi connectivity index (χ2v) is 11.5. The van der Waals surface area contributed by atoms with Gasteiger partial charge in [0, 0.05) is 29.8 Å². The standard InChI is InChI=1S/C24H29N5O2S2/c1-16-14-18(9-10-19(16)27-33(5,30)31)29-22(17-11-13-28(15-17)24(2,3)4)21(26-23(29)32)20-8-6-7-12-25-20/h6-15,21-22,27H,1-5H3,(H,26,32)/t21-,22+/m0/s1. The minimum Gasteiger partial charge on any atom is -0.351 e. The van der Waals surface area contributed by atoms with Gasteiger partial charge in [0.25, 0.3) is 0 Å². The van der Waals surface area contributed by atoms with Crippen molar-refractivity contribution in [2.45, 2.75) is 45.3 Å². The molecule has 1 aliphatic rings. The van der Waals surface area contributed by atoms with E-state index >= 15 is 0 Å². The van der Waals surface area contributed by atoms with Gasteiger partial charge in [0.05, 0.1) is 29.7 Å². The Balaban J connectivity index is 1.79. The summed E-state index contributed by atoms with van der Waals surface area (Å²) in [6.45, 7) is 8.38. The van der Waals surface area contributed by atoms with Crippen molar-refractivity contribution in [2.75, 3.05) is 15.9 Å². The van der Waals surface area contributed by atoms with Crippen LogP contribution in [0.2, 0.25) is 0 Å². The highest BCUT2D eigenvalue weighted by Crippen LogP contribution is 2.42. The number of nitrogens with one attached hydrogen (secondary N) is 2. The third-order valence-corrected chi connectivity index (χ3v) is 6.62. The Bertz CT molecular complexity index is 1280. The van der Waals surface area contributed by atoms with E-state index in [1.807, 2.05) is 37.3 Å². The molecule has 3 heterocycles. The van der Waals surface area contributed by atoms with E-state index in [9.17, 15) is 8.42 Å². The summed E-state index contributed by atoms with van der Waals surface area (Å²) in [6, 6.07) is 13.4. The highest BCUT2D eigenvalue weighted by atomic mass is 32.2. The summed E-state index contributed by atoms with van der Waals surface area (Å²) >= 11 is 5.79. The number of pyridine rings is 1. The molecule has 2 aromatic heterocycles. The Morgan fingerprint density at radius 2 is 1.91 bits per heavy atom. The normalized spacial score (nSPS) is 18.9. The lowest BCUT2D eigenvalue weighted by atomic mass is 9.98. The molecule has 2 N–H and O–H groups in total. The molecule has 0 bridgehead atoms. The Morgan fingerprint density at radius 3 is 2.48 bits per heavy atom. The van der Waals surface area contributed by atoms with Crippen LogP contribution in [-0.2, 0) is 15.6 Å². The van der Waals surface area contributed by atoms with Gasteiger partial charge < -0.3 is 14.8 Å². The van der Waals surface area contributed by atoms with Crippen LogP contribution in [0.5, 0.6) is 0 Å². The molecule has 0 radical (unpaired) electrons. The van der Waals surface area contributed by atoms with Crippen LogP contribution < -0.4 is 14.9 Å². The Labute approximate surface area is 200 Å². The van der Waals surface area contributed by atoms with Crippen LogP contribution in [0.25, 0.3) is 0 Å². The largest absolute Gasteiger partial charge is 0.351 e. The van der Waals surface area contributed by atoms with Gasteiger partial charge in [-0.25, -0.2) is 8.42 Å². The van der Waals surface area contributed by atoms with Crippen LogP contribution in [0.4, 0.5) is 11.4 Å². The molecule has 1 fully saturated rings. The maximum atomic E-state index is 11.7. The monoisotopic (exact) mass is 483 g/mol. The molecule has 0 saturated carbocycles. The zero-order chi connectivity index (χ0) is 24.0. The zero-order valence-corrected chi connectivity index (χ0v) is 21.0. The number of benzene rings is 1. The third-order valence-electron chi connectivity index (χ3n) is 5.71. The van der Waals surface area contributed by atoms with Crippen LogP contribution in [-0.4, -0.2) is 29.3 Å². The summed E-state index contributed by atoms with van der Waals surface area (Å²) < 4.78 is 28.2. The fourth-order valence-electron chi connectivity index (χ4n) is 4.09. The van der Waals surface area contributed by atoms with Gasteiger partial charge in [-0.2, -0.15) is 0 Å². The first kappa shape index (κ1) is 23.3. The average Bonchev–Trinajstić information content (AvgIpc) is 3.34. The highest BCUT2D eigenvalue weighted by molar-refractivity contribution is 7.92. The molecule has 1 aromatic carbocycles.